The van der Waals surface area contributed by atoms with Crippen LogP contribution in [0, 0.1) is 5.92 Å². The van der Waals surface area contributed by atoms with Crippen LogP contribution in [-0.4, -0.2) is 49.0 Å². The molecule has 1 atom stereocenters. The molecule has 1 aliphatic rings. The molecule has 8 nitrogen and oxygen atoms in total. The first kappa shape index (κ1) is 19.7. The van der Waals surface area contributed by atoms with Crippen molar-refractivity contribution in [3.05, 3.63) is 29.0 Å². The summed E-state index contributed by atoms with van der Waals surface area (Å²) in [6, 6.07) is 3.08. The Morgan fingerprint density at radius 1 is 1.14 bits per heavy atom. The van der Waals surface area contributed by atoms with Gasteiger partial charge in [0, 0.05) is 24.6 Å². The Kier molecular flexibility index (Phi) is 5.31. The number of hydrogen-bond acceptors (Lipinski definition) is 6. The van der Waals surface area contributed by atoms with Crippen LogP contribution < -0.4 is 14.8 Å². The van der Waals surface area contributed by atoms with Gasteiger partial charge >= 0.3 is 5.97 Å². The predicted molar refractivity (Wildman–Crippen MR) is 103 cm³/mol. The zero-order chi connectivity index (χ0) is 20.6. The van der Waals surface area contributed by atoms with Gasteiger partial charge in [0.2, 0.25) is 0 Å². The van der Waals surface area contributed by atoms with E-state index in [4.69, 9.17) is 14.2 Å². The SMILES string of the molecule is COC(=O)C(NC(=O)c1nn(C)c2c1Cc1cc(OC)c(OC)cc1-2)C(C)C. The number of amides is 1. The second-order valence-corrected chi connectivity index (χ2v) is 7.06. The monoisotopic (exact) mass is 387 g/mol. The van der Waals surface area contributed by atoms with E-state index >= 15 is 0 Å². The van der Waals surface area contributed by atoms with Gasteiger partial charge in [0.15, 0.2) is 17.2 Å². The summed E-state index contributed by atoms with van der Waals surface area (Å²) >= 11 is 0. The van der Waals surface area contributed by atoms with Gasteiger partial charge in [-0.2, -0.15) is 5.10 Å². The highest BCUT2D eigenvalue weighted by molar-refractivity contribution is 5.99. The fourth-order valence-corrected chi connectivity index (χ4v) is 3.57. The highest BCUT2D eigenvalue weighted by Crippen LogP contribution is 2.43. The van der Waals surface area contributed by atoms with Crippen LogP contribution in [-0.2, 0) is 23.0 Å². The summed E-state index contributed by atoms with van der Waals surface area (Å²) in [5.74, 6) is 0.269. The number of benzene rings is 1. The van der Waals surface area contributed by atoms with Crippen molar-refractivity contribution in [2.75, 3.05) is 21.3 Å². The number of ether oxygens (including phenoxy) is 3. The molecule has 1 heterocycles. The zero-order valence-corrected chi connectivity index (χ0v) is 17.0. The van der Waals surface area contributed by atoms with Gasteiger partial charge in [-0.1, -0.05) is 13.8 Å². The van der Waals surface area contributed by atoms with Gasteiger partial charge in [-0.25, -0.2) is 4.79 Å². The summed E-state index contributed by atoms with van der Waals surface area (Å²) in [6.45, 7) is 3.69. The second kappa shape index (κ2) is 7.53. The number of nitrogens with one attached hydrogen (secondary N) is 1. The Morgan fingerprint density at radius 2 is 1.79 bits per heavy atom. The van der Waals surface area contributed by atoms with Gasteiger partial charge in [0.1, 0.15) is 6.04 Å². The number of fused-ring (bicyclic) bond motifs is 3. The van der Waals surface area contributed by atoms with E-state index in [-0.39, 0.29) is 5.92 Å². The number of methoxy groups -OCH3 is 3. The van der Waals surface area contributed by atoms with E-state index in [2.05, 4.69) is 10.4 Å². The molecule has 8 heteroatoms. The Labute approximate surface area is 163 Å². The van der Waals surface area contributed by atoms with E-state index in [1.165, 1.54) is 7.11 Å². The third-order valence-corrected chi connectivity index (χ3v) is 5.00. The molecule has 1 amide bonds. The van der Waals surface area contributed by atoms with E-state index < -0.39 is 17.9 Å². The molecule has 3 rings (SSSR count). The van der Waals surface area contributed by atoms with Crippen molar-refractivity contribution in [3.63, 3.8) is 0 Å². The smallest absolute Gasteiger partial charge is 0.328 e. The molecule has 0 aliphatic heterocycles. The lowest BCUT2D eigenvalue weighted by atomic mass is 10.0. The summed E-state index contributed by atoms with van der Waals surface area (Å²) < 4.78 is 17.3. The van der Waals surface area contributed by atoms with Crippen LogP contribution in [0.15, 0.2) is 12.1 Å². The normalized spacial score (nSPS) is 13.0. The molecule has 0 saturated carbocycles. The fourth-order valence-electron chi connectivity index (χ4n) is 3.57. The Bertz CT molecular complexity index is 932. The lowest BCUT2D eigenvalue weighted by Gasteiger charge is -2.19. The zero-order valence-electron chi connectivity index (χ0n) is 17.0. The highest BCUT2D eigenvalue weighted by Gasteiger charge is 2.33. The van der Waals surface area contributed by atoms with Crippen LogP contribution in [0.2, 0.25) is 0 Å². The molecule has 1 N–H and O–H groups in total. The van der Waals surface area contributed by atoms with Gasteiger partial charge in [0.05, 0.1) is 27.0 Å². The summed E-state index contributed by atoms with van der Waals surface area (Å²) in [6.07, 6.45) is 0.548. The van der Waals surface area contributed by atoms with Gasteiger partial charge in [-0.05, 0) is 23.6 Å². The highest BCUT2D eigenvalue weighted by atomic mass is 16.5. The lowest BCUT2D eigenvalue weighted by Crippen LogP contribution is -2.45. The van der Waals surface area contributed by atoms with Crippen LogP contribution in [0.25, 0.3) is 11.3 Å². The van der Waals surface area contributed by atoms with Crippen LogP contribution in [0.1, 0.15) is 35.5 Å². The number of aryl methyl sites for hydroxylation is 1. The van der Waals surface area contributed by atoms with Gasteiger partial charge < -0.3 is 19.5 Å². The molecule has 0 spiro atoms. The van der Waals surface area contributed by atoms with E-state index in [0.29, 0.717) is 23.6 Å². The first-order valence-corrected chi connectivity index (χ1v) is 9.02. The topological polar surface area (TPSA) is 91.7 Å². The molecule has 0 radical (unpaired) electrons. The van der Waals surface area contributed by atoms with Crippen LogP contribution >= 0.6 is 0 Å². The summed E-state index contributed by atoms with van der Waals surface area (Å²) in [5.41, 5.74) is 3.97. The van der Waals surface area contributed by atoms with Gasteiger partial charge in [-0.15, -0.1) is 0 Å². The molecule has 1 aromatic carbocycles. The van der Waals surface area contributed by atoms with Crippen molar-refractivity contribution in [1.82, 2.24) is 15.1 Å². The van der Waals surface area contributed by atoms with Crippen molar-refractivity contribution in [1.29, 1.82) is 0 Å². The number of esters is 1. The summed E-state index contributed by atoms with van der Waals surface area (Å²) in [5, 5.41) is 7.17. The minimum absolute atomic E-state index is 0.112. The Morgan fingerprint density at radius 3 is 2.36 bits per heavy atom. The molecular formula is C20H25N3O5. The molecule has 1 unspecified atom stereocenters. The van der Waals surface area contributed by atoms with Crippen molar-refractivity contribution >= 4 is 11.9 Å². The second-order valence-electron chi connectivity index (χ2n) is 7.06. The third-order valence-electron chi connectivity index (χ3n) is 5.00. The first-order chi connectivity index (χ1) is 13.3. The number of aromatic nitrogens is 2. The summed E-state index contributed by atoms with van der Waals surface area (Å²) in [7, 11) is 6.27. The van der Waals surface area contributed by atoms with Crippen LogP contribution in [0.4, 0.5) is 0 Å². The molecule has 0 bridgehead atoms. The largest absolute Gasteiger partial charge is 0.493 e. The minimum Gasteiger partial charge on any atom is -0.493 e. The van der Waals surface area contributed by atoms with Gasteiger partial charge in [-0.3, -0.25) is 9.48 Å². The molecule has 1 aromatic heterocycles. The van der Waals surface area contributed by atoms with E-state index in [9.17, 15) is 9.59 Å². The number of carbonyl (C=O) groups excluding carboxylic acids is 2. The molecule has 0 saturated heterocycles. The predicted octanol–water partition coefficient (Wildman–Crippen LogP) is 1.94. The molecular weight excluding hydrogens is 362 g/mol. The quantitative estimate of drug-likeness (QED) is 0.650. The maximum absolute atomic E-state index is 12.9. The van der Waals surface area contributed by atoms with Crippen LogP contribution in [0.5, 0.6) is 11.5 Å². The van der Waals surface area contributed by atoms with E-state index in [0.717, 1.165) is 22.4 Å². The van der Waals surface area contributed by atoms with Crippen molar-refractivity contribution in [3.8, 4) is 22.8 Å². The molecule has 150 valence electrons. The first-order valence-electron chi connectivity index (χ1n) is 9.02. The average molecular weight is 387 g/mol. The average Bonchev–Trinajstić information content (AvgIpc) is 3.20. The van der Waals surface area contributed by atoms with Crippen LogP contribution in [0.3, 0.4) is 0 Å². The van der Waals surface area contributed by atoms with Crippen molar-refractivity contribution in [2.45, 2.75) is 26.3 Å². The molecule has 2 aromatic rings. The third kappa shape index (κ3) is 3.19. The van der Waals surface area contributed by atoms with E-state index in [1.807, 2.05) is 26.0 Å². The Balaban J connectivity index is 1.98. The maximum atomic E-state index is 12.9. The number of hydrogen-bond donors (Lipinski definition) is 1. The lowest BCUT2D eigenvalue weighted by molar-refractivity contribution is -0.144. The number of nitrogens with zero attached hydrogens (tertiary/aromatic N) is 2. The Hall–Kier alpha value is -3.03. The molecule has 1 aliphatic carbocycles. The van der Waals surface area contributed by atoms with Crippen molar-refractivity contribution < 1.29 is 23.8 Å². The standard InChI is InChI=1S/C20H25N3O5/c1-10(2)16(20(25)28-6)21-19(24)17-13-7-11-8-14(26-4)15(27-5)9-12(11)18(13)23(3)22-17/h8-10,16H,7H2,1-6H3,(H,21,24). The van der Waals surface area contributed by atoms with Crippen molar-refractivity contribution in [2.24, 2.45) is 13.0 Å². The molecule has 0 fully saturated rings. The molecule has 28 heavy (non-hydrogen) atoms. The summed E-state index contributed by atoms with van der Waals surface area (Å²) in [4.78, 5) is 24.9. The minimum atomic E-state index is -0.737. The van der Waals surface area contributed by atoms with Gasteiger partial charge in [0.25, 0.3) is 5.91 Å². The number of rotatable bonds is 6. The fraction of sp³-hybridized carbons (Fsp3) is 0.450. The maximum Gasteiger partial charge on any atom is 0.328 e. The van der Waals surface area contributed by atoms with E-state index in [1.54, 1.807) is 25.9 Å². The number of carbonyl (C=O) groups is 2.